The summed E-state index contributed by atoms with van der Waals surface area (Å²) >= 11 is 1.32. The second-order valence-corrected chi connectivity index (χ2v) is 8.48. The summed E-state index contributed by atoms with van der Waals surface area (Å²) in [4.78, 5) is 16.9. The number of carbonyl (C=O) groups is 1. The van der Waals surface area contributed by atoms with E-state index in [9.17, 15) is 13.2 Å². The van der Waals surface area contributed by atoms with Crippen LogP contribution in [0.15, 0.2) is 58.8 Å². The monoisotopic (exact) mass is 372 g/mol. The number of thiazole rings is 1. The highest BCUT2D eigenvalue weighted by Gasteiger charge is 2.14. The number of benzene rings is 2. The van der Waals surface area contributed by atoms with E-state index in [1.54, 1.807) is 12.1 Å². The van der Waals surface area contributed by atoms with E-state index in [1.165, 1.54) is 23.5 Å². The van der Waals surface area contributed by atoms with Gasteiger partial charge in [-0.3, -0.25) is 10.1 Å². The maximum Gasteiger partial charge on any atom is 0.257 e. The zero-order valence-corrected chi connectivity index (χ0v) is 15.3. The SMILES string of the molecule is Cc1ccccc1-c1csc(NC(=O)c2cccc(S(C)(=O)=O)c2)n1. The van der Waals surface area contributed by atoms with E-state index < -0.39 is 15.7 Å². The van der Waals surface area contributed by atoms with Crippen LogP contribution in [0.4, 0.5) is 5.13 Å². The third kappa shape index (κ3) is 3.94. The Kier molecular flexibility index (Phi) is 4.69. The van der Waals surface area contributed by atoms with Crippen LogP contribution >= 0.6 is 11.3 Å². The molecule has 7 heteroatoms. The molecule has 0 atom stereocenters. The fourth-order valence-electron chi connectivity index (χ4n) is 2.35. The Labute approximate surface area is 150 Å². The molecule has 0 radical (unpaired) electrons. The Hall–Kier alpha value is -2.51. The van der Waals surface area contributed by atoms with Gasteiger partial charge in [0.05, 0.1) is 10.6 Å². The number of anilines is 1. The smallest absolute Gasteiger partial charge is 0.257 e. The molecule has 2 aromatic carbocycles. The van der Waals surface area contributed by atoms with Gasteiger partial charge in [-0.05, 0) is 30.7 Å². The minimum Gasteiger partial charge on any atom is -0.298 e. The number of nitrogens with one attached hydrogen (secondary N) is 1. The van der Waals surface area contributed by atoms with Crippen LogP contribution < -0.4 is 5.32 Å². The second kappa shape index (κ2) is 6.78. The third-order valence-corrected chi connectivity index (χ3v) is 5.54. The summed E-state index contributed by atoms with van der Waals surface area (Å²) in [5.74, 6) is -0.392. The maximum atomic E-state index is 12.4. The van der Waals surface area contributed by atoms with Crippen molar-refractivity contribution in [3.63, 3.8) is 0 Å². The number of hydrogen-bond acceptors (Lipinski definition) is 5. The molecule has 3 aromatic rings. The van der Waals surface area contributed by atoms with Crippen LogP contribution in [-0.4, -0.2) is 25.6 Å². The number of carbonyl (C=O) groups excluding carboxylic acids is 1. The molecule has 0 spiro atoms. The van der Waals surface area contributed by atoms with Crippen molar-refractivity contribution in [1.29, 1.82) is 0 Å². The van der Waals surface area contributed by atoms with Crippen LogP contribution in [0.2, 0.25) is 0 Å². The highest BCUT2D eigenvalue weighted by Crippen LogP contribution is 2.27. The zero-order valence-electron chi connectivity index (χ0n) is 13.7. The Morgan fingerprint density at radius 3 is 2.60 bits per heavy atom. The number of nitrogens with zero attached hydrogens (tertiary/aromatic N) is 1. The molecule has 0 saturated heterocycles. The van der Waals surface area contributed by atoms with Gasteiger partial charge in [0.25, 0.3) is 5.91 Å². The Bertz CT molecular complexity index is 1040. The van der Waals surface area contributed by atoms with Crippen molar-refractivity contribution < 1.29 is 13.2 Å². The lowest BCUT2D eigenvalue weighted by atomic mass is 10.1. The highest BCUT2D eigenvalue weighted by atomic mass is 32.2. The first-order valence-corrected chi connectivity index (χ1v) is 10.2. The fourth-order valence-corrected chi connectivity index (χ4v) is 3.72. The standard InChI is InChI=1S/C18H16N2O3S2/c1-12-6-3-4-9-15(12)16-11-24-18(19-16)20-17(21)13-7-5-8-14(10-13)25(2,22)23/h3-11H,1-2H3,(H,19,20,21). The van der Waals surface area contributed by atoms with Gasteiger partial charge in [0.15, 0.2) is 15.0 Å². The van der Waals surface area contributed by atoms with E-state index in [1.807, 2.05) is 36.6 Å². The summed E-state index contributed by atoms with van der Waals surface area (Å²) in [5, 5.41) is 5.07. The van der Waals surface area contributed by atoms with Crippen LogP contribution in [0.1, 0.15) is 15.9 Å². The molecular weight excluding hydrogens is 356 g/mol. The van der Waals surface area contributed by atoms with Crippen molar-refractivity contribution in [2.24, 2.45) is 0 Å². The summed E-state index contributed by atoms with van der Waals surface area (Å²) in [7, 11) is -3.36. The van der Waals surface area contributed by atoms with Crippen molar-refractivity contribution in [1.82, 2.24) is 4.98 Å². The Morgan fingerprint density at radius 2 is 1.88 bits per heavy atom. The number of hydrogen-bond donors (Lipinski definition) is 1. The molecule has 1 amide bonds. The van der Waals surface area contributed by atoms with Gasteiger partial charge < -0.3 is 0 Å². The molecule has 0 aliphatic heterocycles. The minimum atomic E-state index is -3.36. The van der Waals surface area contributed by atoms with Crippen LogP contribution in [0.5, 0.6) is 0 Å². The number of aryl methyl sites for hydroxylation is 1. The molecule has 128 valence electrons. The Morgan fingerprint density at radius 1 is 1.12 bits per heavy atom. The number of amides is 1. The predicted molar refractivity (Wildman–Crippen MR) is 99.8 cm³/mol. The van der Waals surface area contributed by atoms with Crippen LogP contribution in [0.25, 0.3) is 11.3 Å². The van der Waals surface area contributed by atoms with Crippen LogP contribution in [0, 0.1) is 6.92 Å². The molecule has 1 N–H and O–H groups in total. The highest BCUT2D eigenvalue weighted by molar-refractivity contribution is 7.90. The molecular formula is C18H16N2O3S2. The summed E-state index contributed by atoms with van der Waals surface area (Å²) in [6, 6.07) is 13.8. The van der Waals surface area contributed by atoms with E-state index in [0.717, 1.165) is 23.1 Å². The van der Waals surface area contributed by atoms with Crippen molar-refractivity contribution in [2.45, 2.75) is 11.8 Å². The van der Waals surface area contributed by atoms with Crippen molar-refractivity contribution in [3.05, 3.63) is 65.0 Å². The lowest BCUT2D eigenvalue weighted by molar-refractivity contribution is 0.102. The minimum absolute atomic E-state index is 0.111. The Balaban J connectivity index is 1.82. The molecule has 25 heavy (non-hydrogen) atoms. The summed E-state index contributed by atoms with van der Waals surface area (Å²) in [6.45, 7) is 2.00. The van der Waals surface area contributed by atoms with Gasteiger partial charge in [-0.1, -0.05) is 30.3 Å². The van der Waals surface area contributed by atoms with Gasteiger partial charge in [-0.25, -0.2) is 13.4 Å². The molecule has 0 saturated carbocycles. The normalized spacial score (nSPS) is 11.3. The fraction of sp³-hybridized carbons (Fsp3) is 0.111. The third-order valence-electron chi connectivity index (χ3n) is 3.67. The topological polar surface area (TPSA) is 76.1 Å². The molecule has 1 heterocycles. The summed E-state index contributed by atoms with van der Waals surface area (Å²) in [5.41, 5.74) is 3.18. The molecule has 5 nitrogen and oxygen atoms in total. The molecule has 0 fully saturated rings. The first kappa shape index (κ1) is 17.3. The van der Waals surface area contributed by atoms with E-state index in [-0.39, 0.29) is 10.5 Å². The van der Waals surface area contributed by atoms with Gasteiger partial charge in [0.2, 0.25) is 0 Å². The lowest BCUT2D eigenvalue weighted by Crippen LogP contribution is -2.12. The number of aromatic nitrogens is 1. The van der Waals surface area contributed by atoms with Gasteiger partial charge in [0, 0.05) is 22.8 Å². The molecule has 0 unspecified atom stereocenters. The van der Waals surface area contributed by atoms with Crippen molar-refractivity contribution >= 4 is 32.2 Å². The molecule has 0 aliphatic carbocycles. The average Bonchev–Trinajstić information content (AvgIpc) is 3.03. The van der Waals surface area contributed by atoms with Crippen LogP contribution in [-0.2, 0) is 9.84 Å². The molecule has 1 aromatic heterocycles. The average molecular weight is 372 g/mol. The quantitative estimate of drug-likeness (QED) is 0.756. The summed E-state index contributed by atoms with van der Waals surface area (Å²) in [6.07, 6.45) is 1.11. The maximum absolute atomic E-state index is 12.4. The molecule has 3 rings (SSSR count). The summed E-state index contributed by atoms with van der Waals surface area (Å²) < 4.78 is 23.2. The van der Waals surface area contributed by atoms with E-state index in [2.05, 4.69) is 10.3 Å². The largest absolute Gasteiger partial charge is 0.298 e. The molecule has 0 aliphatic rings. The van der Waals surface area contributed by atoms with Crippen molar-refractivity contribution in [3.8, 4) is 11.3 Å². The first-order valence-electron chi connectivity index (χ1n) is 7.47. The number of rotatable bonds is 4. The first-order chi connectivity index (χ1) is 11.8. The van der Waals surface area contributed by atoms with E-state index in [4.69, 9.17) is 0 Å². The van der Waals surface area contributed by atoms with E-state index >= 15 is 0 Å². The molecule has 0 bridgehead atoms. The van der Waals surface area contributed by atoms with Gasteiger partial charge >= 0.3 is 0 Å². The van der Waals surface area contributed by atoms with E-state index in [0.29, 0.717) is 5.13 Å². The second-order valence-electron chi connectivity index (χ2n) is 5.61. The lowest BCUT2D eigenvalue weighted by Gasteiger charge is -2.04. The predicted octanol–water partition coefficient (Wildman–Crippen LogP) is 3.77. The van der Waals surface area contributed by atoms with Gasteiger partial charge in [-0.15, -0.1) is 11.3 Å². The zero-order chi connectivity index (χ0) is 18.0. The van der Waals surface area contributed by atoms with Gasteiger partial charge in [0.1, 0.15) is 0 Å². The van der Waals surface area contributed by atoms with Crippen molar-refractivity contribution in [2.75, 3.05) is 11.6 Å². The van der Waals surface area contributed by atoms with Crippen LogP contribution in [0.3, 0.4) is 0 Å². The van der Waals surface area contributed by atoms with Gasteiger partial charge in [-0.2, -0.15) is 0 Å². The number of sulfone groups is 1.